The summed E-state index contributed by atoms with van der Waals surface area (Å²) in [5.74, 6) is 0.472. The van der Waals surface area contributed by atoms with Crippen molar-refractivity contribution in [3.63, 3.8) is 0 Å². The monoisotopic (exact) mass is 366 g/mol. The second kappa shape index (κ2) is 8.58. The fourth-order valence-electron chi connectivity index (χ4n) is 2.04. The Labute approximate surface area is 138 Å². The van der Waals surface area contributed by atoms with E-state index in [-0.39, 0.29) is 5.82 Å². The average Bonchev–Trinajstić information content (AvgIpc) is 2.97. The van der Waals surface area contributed by atoms with Crippen molar-refractivity contribution in [2.24, 2.45) is 4.99 Å². The standard InChI is InChI=1S/C16H20BrFN4/c1-2-19-16(20-5-8-22-6-3-4-7-22)21-12-13-9-14(17)11-15(18)10-13/h3-4,6-7,9-11H,2,5,8,12H2,1H3,(H2,19,20,21). The smallest absolute Gasteiger partial charge is 0.191 e. The van der Waals surface area contributed by atoms with Gasteiger partial charge in [0.2, 0.25) is 0 Å². The second-order valence-electron chi connectivity index (χ2n) is 4.82. The zero-order valence-corrected chi connectivity index (χ0v) is 14.1. The molecular weight excluding hydrogens is 347 g/mol. The summed E-state index contributed by atoms with van der Waals surface area (Å²) in [7, 11) is 0. The summed E-state index contributed by atoms with van der Waals surface area (Å²) >= 11 is 3.29. The van der Waals surface area contributed by atoms with E-state index in [1.165, 1.54) is 12.1 Å². The first-order valence-electron chi connectivity index (χ1n) is 7.25. The highest BCUT2D eigenvalue weighted by molar-refractivity contribution is 9.10. The predicted octanol–water partition coefficient (Wildman–Crippen LogP) is 3.15. The fourth-order valence-corrected chi connectivity index (χ4v) is 2.55. The molecule has 2 rings (SSSR count). The Morgan fingerprint density at radius 2 is 2.00 bits per heavy atom. The predicted molar refractivity (Wildman–Crippen MR) is 91.4 cm³/mol. The van der Waals surface area contributed by atoms with E-state index in [2.05, 4.69) is 36.1 Å². The first-order chi connectivity index (χ1) is 10.7. The molecule has 0 atom stereocenters. The summed E-state index contributed by atoms with van der Waals surface area (Å²) < 4.78 is 16.2. The molecule has 0 bridgehead atoms. The van der Waals surface area contributed by atoms with Crippen molar-refractivity contribution in [3.05, 3.63) is 58.6 Å². The molecular formula is C16H20BrFN4. The lowest BCUT2D eigenvalue weighted by Crippen LogP contribution is -2.38. The molecule has 0 saturated carbocycles. The molecule has 0 aliphatic rings. The number of aliphatic imine (C=N–C) groups is 1. The van der Waals surface area contributed by atoms with Crippen LogP contribution in [0.1, 0.15) is 12.5 Å². The Morgan fingerprint density at radius 1 is 1.23 bits per heavy atom. The van der Waals surface area contributed by atoms with Crippen LogP contribution in [0.4, 0.5) is 4.39 Å². The Hall–Kier alpha value is -1.82. The van der Waals surface area contributed by atoms with Gasteiger partial charge in [0.25, 0.3) is 0 Å². The van der Waals surface area contributed by atoms with E-state index in [1.54, 1.807) is 0 Å². The van der Waals surface area contributed by atoms with Crippen molar-refractivity contribution < 1.29 is 4.39 Å². The van der Waals surface area contributed by atoms with Gasteiger partial charge in [-0.3, -0.25) is 0 Å². The molecule has 0 aliphatic carbocycles. The summed E-state index contributed by atoms with van der Waals surface area (Å²) in [6, 6.07) is 8.81. The Balaban J connectivity index is 1.91. The summed E-state index contributed by atoms with van der Waals surface area (Å²) in [5, 5.41) is 6.46. The fraction of sp³-hybridized carbons (Fsp3) is 0.312. The molecule has 0 saturated heterocycles. The van der Waals surface area contributed by atoms with Gasteiger partial charge in [-0.1, -0.05) is 15.9 Å². The molecule has 0 fully saturated rings. The molecule has 118 valence electrons. The van der Waals surface area contributed by atoms with Gasteiger partial charge in [0, 0.05) is 36.5 Å². The highest BCUT2D eigenvalue weighted by atomic mass is 79.9. The molecule has 6 heteroatoms. The summed E-state index contributed by atoms with van der Waals surface area (Å²) in [5.41, 5.74) is 0.828. The van der Waals surface area contributed by atoms with Gasteiger partial charge in [-0.15, -0.1) is 0 Å². The van der Waals surface area contributed by atoms with Crippen molar-refractivity contribution in [2.45, 2.75) is 20.0 Å². The van der Waals surface area contributed by atoms with E-state index in [9.17, 15) is 4.39 Å². The number of nitrogens with zero attached hydrogens (tertiary/aromatic N) is 2. The van der Waals surface area contributed by atoms with Crippen LogP contribution in [0.3, 0.4) is 0 Å². The summed E-state index contributed by atoms with van der Waals surface area (Å²) in [6.45, 7) is 4.86. The van der Waals surface area contributed by atoms with Crippen LogP contribution in [-0.4, -0.2) is 23.6 Å². The van der Waals surface area contributed by atoms with Crippen LogP contribution in [-0.2, 0) is 13.1 Å². The molecule has 0 amide bonds. The number of halogens is 2. The van der Waals surface area contributed by atoms with Crippen LogP contribution in [0.15, 0.2) is 52.2 Å². The highest BCUT2D eigenvalue weighted by Gasteiger charge is 2.01. The molecule has 4 nitrogen and oxygen atoms in total. The number of hydrogen-bond acceptors (Lipinski definition) is 1. The number of guanidine groups is 1. The zero-order chi connectivity index (χ0) is 15.8. The van der Waals surface area contributed by atoms with Gasteiger partial charge in [-0.25, -0.2) is 9.38 Å². The third-order valence-electron chi connectivity index (χ3n) is 3.01. The van der Waals surface area contributed by atoms with Crippen LogP contribution in [0.2, 0.25) is 0 Å². The van der Waals surface area contributed by atoms with Gasteiger partial charge in [-0.2, -0.15) is 0 Å². The molecule has 2 aromatic rings. The van der Waals surface area contributed by atoms with Gasteiger partial charge in [0.1, 0.15) is 5.82 Å². The third-order valence-corrected chi connectivity index (χ3v) is 3.47. The van der Waals surface area contributed by atoms with Gasteiger partial charge < -0.3 is 15.2 Å². The van der Waals surface area contributed by atoms with Crippen LogP contribution < -0.4 is 10.6 Å². The minimum Gasteiger partial charge on any atom is -0.357 e. The second-order valence-corrected chi connectivity index (χ2v) is 5.74. The highest BCUT2D eigenvalue weighted by Crippen LogP contribution is 2.15. The Morgan fingerprint density at radius 3 is 2.68 bits per heavy atom. The largest absolute Gasteiger partial charge is 0.357 e. The molecule has 0 aliphatic heterocycles. The first kappa shape index (κ1) is 16.5. The lowest BCUT2D eigenvalue weighted by atomic mass is 10.2. The van der Waals surface area contributed by atoms with Gasteiger partial charge in [0.15, 0.2) is 5.96 Å². The summed E-state index contributed by atoms with van der Waals surface area (Å²) in [6.07, 6.45) is 4.05. The maximum Gasteiger partial charge on any atom is 0.191 e. The number of benzene rings is 1. The lowest BCUT2D eigenvalue weighted by Gasteiger charge is -2.12. The van der Waals surface area contributed by atoms with Crippen molar-refractivity contribution in [1.29, 1.82) is 0 Å². The van der Waals surface area contributed by atoms with E-state index in [0.29, 0.717) is 6.54 Å². The Kier molecular flexibility index (Phi) is 6.45. The van der Waals surface area contributed by atoms with Gasteiger partial charge >= 0.3 is 0 Å². The topological polar surface area (TPSA) is 41.4 Å². The number of hydrogen-bond donors (Lipinski definition) is 2. The van der Waals surface area contributed by atoms with E-state index in [0.717, 1.165) is 35.6 Å². The van der Waals surface area contributed by atoms with Crippen molar-refractivity contribution in [2.75, 3.05) is 13.1 Å². The molecule has 1 aromatic heterocycles. The van der Waals surface area contributed by atoms with Gasteiger partial charge in [-0.05, 0) is 42.8 Å². The van der Waals surface area contributed by atoms with Crippen LogP contribution in [0.5, 0.6) is 0 Å². The minimum absolute atomic E-state index is 0.259. The minimum atomic E-state index is -0.259. The summed E-state index contributed by atoms with van der Waals surface area (Å²) in [4.78, 5) is 4.48. The van der Waals surface area contributed by atoms with Crippen molar-refractivity contribution in [3.8, 4) is 0 Å². The quantitative estimate of drug-likeness (QED) is 0.609. The molecule has 22 heavy (non-hydrogen) atoms. The van der Waals surface area contributed by atoms with Gasteiger partial charge in [0.05, 0.1) is 6.54 Å². The zero-order valence-electron chi connectivity index (χ0n) is 12.5. The molecule has 1 heterocycles. The number of rotatable bonds is 6. The molecule has 2 N–H and O–H groups in total. The molecule has 0 unspecified atom stereocenters. The third kappa shape index (κ3) is 5.52. The van der Waals surface area contributed by atoms with E-state index in [1.807, 2.05) is 37.5 Å². The van der Waals surface area contributed by atoms with E-state index in [4.69, 9.17) is 0 Å². The normalized spacial score (nSPS) is 11.5. The number of nitrogens with one attached hydrogen (secondary N) is 2. The van der Waals surface area contributed by atoms with E-state index >= 15 is 0 Å². The van der Waals surface area contributed by atoms with Crippen LogP contribution in [0.25, 0.3) is 0 Å². The molecule has 1 aromatic carbocycles. The van der Waals surface area contributed by atoms with Crippen LogP contribution in [0, 0.1) is 5.82 Å². The lowest BCUT2D eigenvalue weighted by molar-refractivity contribution is 0.624. The van der Waals surface area contributed by atoms with Crippen LogP contribution >= 0.6 is 15.9 Å². The van der Waals surface area contributed by atoms with E-state index < -0.39 is 0 Å². The SMILES string of the molecule is CCNC(=NCc1cc(F)cc(Br)c1)NCCn1cccc1. The maximum absolute atomic E-state index is 13.3. The average molecular weight is 367 g/mol. The van der Waals surface area contributed by atoms with Crippen molar-refractivity contribution in [1.82, 2.24) is 15.2 Å². The maximum atomic E-state index is 13.3. The molecule has 0 spiro atoms. The van der Waals surface area contributed by atoms with Crippen molar-refractivity contribution >= 4 is 21.9 Å². The number of aromatic nitrogens is 1. The Bertz CT molecular complexity index is 590. The first-order valence-corrected chi connectivity index (χ1v) is 8.04. The molecule has 0 radical (unpaired) electrons.